The van der Waals surface area contributed by atoms with Crippen LogP contribution in [0.5, 0.6) is 5.75 Å². The molecule has 1 aromatic rings. The maximum atomic E-state index is 5.81. The van der Waals surface area contributed by atoms with Crippen molar-refractivity contribution in [2.45, 2.75) is 39.8 Å². The number of hydrogen-bond acceptors (Lipinski definition) is 4. The molecular formula is C14H24N2OS. The number of aromatic nitrogens is 1. The zero-order chi connectivity index (χ0) is 13.4. The molecule has 18 heavy (non-hydrogen) atoms. The Kier molecular flexibility index (Phi) is 7.13. The smallest absolute Gasteiger partial charge is 0.142 e. The van der Waals surface area contributed by atoms with Crippen molar-refractivity contribution in [2.75, 3.05) is 18.6 Å². The number of hydrogen-bond donors (Lipinski definition) is 1. The van der Waals surface area contributed by atoms with E-state index in [1.54, 1.807) is 0 Å². The van der Waals surface area contributed by atoms with Crippen LogP contribution >= 0.6 is 11.8 Å². The summed E-state index contributed by atoms with van der Waals surface area (Å²) in [6, 6.07) is 4.48. The van der Waals surface area contributed by atoms with Crippen LogP contribution in [0.4, 0.5) is 0 Å². The molecule has 4 heteroatoms. The van der Waals surface area contributed by atoms with Crippen LogP contribution in [0, 0.1) is 6.92 Å². The molecule has 0 fully saturated rings. The van der Waals surface area contributed by atoms with Crippen LogP contribution in [0.1, 0.15) is 31.7 Å². The number of aryl methyl sites for hydroxylation is 1. The number of nitrogens with one attached hydrogen (secondary N) is 1. The lowest BCUT2D eigenvalue weighted by Gasteiger charge is -2.13. The maximum absolute atomic E-state index is 5.81. The fourth-order valence-corrected chi connectivity index (χ4v) is 1.95. The monoisotopic (exact) mass is 268 g/mol. The Bertz CT molecular complexity index is 356. The molecule has 102 valence electrons. The summed E-state index contributed by atoms with van der Waals surface area (Å²) in [5.41, 5.74) is 2.04. The van der Waals surface area contributed by atoms with E-state index in [2.05, 4.69) is 30.4 Å². The SMILES string of the molecule is CSCCCOc1ccc(C)nc1CNC(C)C. The summed E-state index contributed by atoms with van der Waals surface area (Å²) in [6.07, 6.45) is 3.19. The Labute approximate surface area is 115 Å². The molecule has 1 aromatic heterocycles. The van der Waals surface area contributed by atoms with Gasteiger partial charge in [-0.15, -0.1) is 0 Å². The highest BCUT2D eigenvalue weighted by molar-refractivity contribution is 7.98. The van der Waals surface area contributed by atoms with Crippen molar-refractivity contribution in [3.8, 4) is 5.75 Å². The van der Waals surface area contributed by atoms with E-state index >= 15 is 0 Å². The highest BCUT2D eigenvalue weighted by Gasteiger charge is 2.06. The molecule has 1 N–H and O–H groups in total. The van der Waals surface area contributed by atoms with Crippen LogP contribution in [-0.2, 0) is 6.54 Å². The maximum Gasteiger partial charge on any atom is 0.142 e. The van der Waals surface area contributed by atoms with E-state index in [9.17, 15) is 0 Å². The van der Waals surface area contributed by atoms with Gasteiger partial charge in [-0.05, 0) is 37.5 Å². The van der Waals surface area contributed by atoms with E-state index in [4.69, 9.17) is 4.74 Å². The van der Waals surface area contributed by atoms with Crippen LogP contribution in [0.2, 0.25) is 0 Å². The van der Waals surface area contributed by atoms with E-state index in [1.165, 1.54) is 0 Å². The lowest BCUT2D eigenvalue weighted by molar-refractivity contribution is 0.312. The highest BCUT2D eigenvalue weighted by atomic mass is 32.2. The second-order valence-electron chi connectivity index (χ2n) is 4.63. The number of ether oxygens (including phenoxy) is 1. The summed E-state index contributed by atoms with van der Waals surface area (Å²) in [5, 5.41) is 3.38. The van der Waals surface area contributed by atoms with Gasteiger partial charge in [0.25, 0.3) is 0 Å². The van der Waals surface area contributed by atoms with Gasteiger partial charge < -0.3 is 10.1 Å². The Morgan fingerprint density at radius 1 is 1.39 bits per heavy atom. The van der Waals surface area contributed by atoms with E-state index in [1.807, 2.05) is 30.8 Å². The van der Waals surface area contributed by atoms with E-state index in [-0.39, 0.29) is 0 Å². The minimum atomic E-state index is 0.455. The summed E-state index contributed by atoms with van der Waals surface area (Å²) in [6.45, 7) is 7.80. The third-order valence-corrected chi connectivity index (χ3v) is 3.20. The largest absolute Gasteiger partial charge is 0.492 e. The average molecular weight is 268 g/mol. The topological polar surface area (TPSA) is 34.1 Å². The molecule has 0 bridgehead atoms. The Balaban J connectivity index is 2.58. The fraction of sp³-hybridized carbons (Fsp3) is 0.643. The molecule has 0 aliphatic heterocycles. The molecule has 0 saturated heterocycles. The molecule has 0 saturated carbocycles. The zero-order valence-corrected chi connectivity index (χ0v) is 12.6. The third-order valence-electron chi connectivity index (χ3n) is 2.50. The Morgan fingerprint density at radius 2 is 2.17 bits per heavy atom. The van der Waals surface area contributed by atoms with Crippen molar-refractivity contribution in [1.82, 2.24) is 10.3 Å². The lowest BCUT2D eigenvalue weighted by atomic mass is 10.2. The van der Waals surface area contributed by atoms with Gasteiger partial charge in [-0.3, -0.25) is 4.98 Å². The second-order valence-corrected chi connectivity index (χ2v) is 5.61. The molecule has 1 heterocycles. The first-order valence-electron chi connectivity index (χ1n) is 6.45. The van der Waals surface area contributed by atoms with Gasteiger partial charge in [0.05, 0.1) is 12.3 Å². The van der Waals surface area contributed by atoms with Gasteiger partial charge in [-0.1, -0.05) is 13.8 Å². The van der Waals surface area contributed by atoms with Gasteiger partial charge in [0.15, 0.2) is 0 Å². The molecule has 0 spiro atoms. The lowest BCUT2D eigenvalue weighted by Crippen LogP contribution is -2.23. The van der Waals surface area contributed by atoms with Crippen molar-refractivity contribution < 1.29 is 4.74 Å². The summed E-state index contributed by atoms with van der Waals surface area (Å²) < 4.78 is 5.81. The normalized spacial score (nSPS) is 10.9. The van der Waals surface area contributed by atoms with Crippen molar-refractivity contribution in [1.29, 1.82) is 0 Å². The molecule has 0 radical (unpaired) electrons. The quantitative estimate of drug-likeness (QED) is 0.735. The van der Waals surface area contributed by atoms with E-state index < -0.39 is 0 Å². The molecule has 0 aromatic carbocycles. The summed E-state index contributed by atoms with van der Waals surface area (Å²) in [4.78, 5) is 4.55. The van der Waals surface area contributed by atoms with Gasteiger partial charge in [-0.2, -0.15) is 11.8 Å². The van der Waals surface area contributed by atoms with Crippen molar-refractivity contribution in [3.63, 3.8) is 0 Å². The average Bonchev–Trinajstić information content (AvgIpc) is 2.34. The molecule has 0 unspecified atom stereocenters. The van der Waals surface area contributed by atoms with Crippen LogP contribution in [0.15, 0.2) is 12.1 Å². The molecule has 0 amide bonds. The number of nitrogens with zero attached hydrogens (tertiary/aromatic N) is 1. The molecular weight excluding hydrogens is 244 g/mol. The second kappa shape index (κ2) is 8.38. The number of thioether (sulfide) groups is 1. The van der Waals surface area contributed by atoms with Crippen molar-refractivity contribution in [2.24, 2.45) is 0 Å². The predicted octanol–water partition coefficient (Wildman–Crippen LogP) is 3.02. The summed E-state index contributed by atoms with van der Waals surface area (Å²) >= 11 is 1.85. The predicted molar refractivity (Wildman–Crippen MR) is 79.4 cm³/mol. The minimum Gasteiger partial charge on any atom is -0.492 e. The first kappa shape index (κ1) is 15.3. The first-order chi connectivity index (χ1) is 8.63. The van der Waals surface area contributed by atoms with Gasteiger partial charge in [0, 0.05) is 18.3 Å². The molecule has 0 aliphatic carbocycles. The number of pyridine rings is 1. The van der Waals surface area contributed by atoms with Gasteiger partial charge in [-0.25, -0.2) is 0 Å². The first-order valence-corrected chi connectivity index (χ1v) is 7.84. The van der Waals surface area contributed by atoms with Gasteiger partial charge >= 0.3 is 0 Å². The van der Waals surface area contributed by atoms with Crippen LogP contribution in [0.3, 0.4) is 0 Å². The summed E-state index contributed by atoms with van der Waals surface area (Å²) in [7, 11) is 0. The minimum absolute atomic E-state index is 0.455. The molecule has 0 atom stereocenters. The van der Waals surface area contributed by atoms with Crippen LogP contribution in [-0.4, -0.2) is 29.6 Å². The highest BCUT2D eigenvalue weighted by Crippen LogP contribution is 2.17. The van der Waals surface area contributed by atoms with Crippen molar-refractivity contribution >= 4 is 11.8 Å². The number of rotatable bonds is 8. The third kappa shape index (κ3) is 5.74. The van der Waals surface area contributed by atoms with E-state index in [0.29, 0.717) is 6.04 Å². The molecule has 0 aliphatic rings. The zero-order valence-electron chi connectivity index (χ0n) is 11.8. The Hall–Kier alpha value is -0.740. The fourth-order valence-electron chi connectivity index (χ4n) is 1.54. The summed E-state index contributed by atoms with van der Waals surface area (Å²) in [5.74, 6) is 2.05. The van der Waals surface area contributed by atoms with Crippen LogP contribution in [0.25, 0.3) is 0 Å². The van der Waals surface area contributed by atoms with E-state index in [0.717, 1.165) is 42.5 Å². The van der Waals surface area contributed by atoms with Crippen LogP contribution < -0.4 is 10.1 Å². The van der Waals surface area contributed by atoms with Crippen molar-refractivity contribution in [3.05, 3.63) is 23.5 Å². The molecule has 3 nitrogen and oxygen atoms in total. The Morgan fingerprint density at radius 3 is 2.83 bits per heavy atom. The van der Waals surface area contributed by atoms with Gasteiger partial charge in [0.2, 0.25) is 0 Å². The standard InChI is InChI=1S/C14H24N2OS/c1-11(2)15-10-13-14(7-6-12(3)16-13)17-8-5-9-18-4/h6-7,11,15H,5,8-10H2,1-4H3. The molecule has 1 rings (SSSR count). The van der Waals surface area contributed by atoms with Gasteiger partial charge in [0.1, 0.15) is 5.75 Å².